The van der Waals surface area contributed by atoms with Gasteiger partial charge in [0.2, 0.25) is 5.91 Å². The average molecular weight is 395 g/mol. The minimum absolute atomic E-state index is 0.120. The molecule has 0 aliphatic heterocycles. The molecule has 0 aliphatic rings. The Hall–Kier alpha value is -1.53. The predicted molar refractivity (Wildman–Crippen MR) is 109 cm³/mol. The second-order valence-corrected chi connectivity index (χ2v) is 8.50. The molecule has 5 nitrogen and oxygen atoms in total. The summed E-state index contributed by atoms with van der Waals surface area (Å²) in [7, 11) is 0. The monoisotopic (exact) mass is 394 g/mol. The lowest BCUT2D eigenvalue weighted by Gasteiger charge is -2.32. The van der Waals surface area contributed by atoms with Crippen molar-refractivity contribution < 1.29 is 4.79 Å². The van der Waals surface area contributed by atoms with Gasteiger partial charge in [-0.05, 0) is 53.7 Å². The second-order valence-electron chi connectivity index (χ2n) is 6.75. The van der Waals surface area contributed by atoms with Crippen LogP contribution in [0.1, 0.15) is 41.5 Å². The van der Waals surface area contributed by atoms with Gasteiger partial charge in [0, 0.05) is 29.2 Å². The summed E-state index contributed by atoms with van der Waals surface area (Å²) in [6.07, 6.45) is 0. The number of hydrogen-bond acceptors (Lipinski definition) is 4. The first-order chi connectivity index (χ1) is 12.3. The van der Waals surface area contributed by atoms with E-state index in [1.807, 2.05) is 75.3 Å². The normalized spacial score (nSPS) is 12.7. The fraction of sp³-hybridized carbons (Fsp3) is 0.526. The van der Waals surface area contributed by atoms with E-state index in [4.69, 9.17) is 11.6 Å². The molecule has 0 spiro atoms. The third-order valence-corrected chi connectivity index (χ3v) is 5.42. The van der Waals surface area contributed by atoms with E-state index in [1.165, 1.54) is 11.8 Å². The van der Waals surface area contributed by atoms with Crippen LogP contribution in [0, 0.1) is 0 Å². The van der Waals surface area contributed by atoms with Gasteiger partial charge in [0.1, 0.15) is 0 Å². The van der Waals surface area contributed by atoms with E-state index < -0.39 is 0 Å². The highest BCUT2D eigenvalue weighted by Crippen LogP contribution is 2.29. The van der Waals surface area contributed by atoms with Gasteiger partial charge in [0.15, 0.2) is 11.0 Å². The van der Waals surface area contributed by atoms with Crippen molar-refractivity contribution in [1.29, 1.82) is 0 Å². The Labute approximate surface area is 165 Å². The van der Waals surface area contributed by atoms with E-state index in [1.54, 1.807) is 0 Å². The summed E-state index contributed by atoms with van der Waals surface area (Å²) in [5.74, 6) is 0.886. The van der Waals surface area contributed by atoms with E-state index in [0.717, 1.165) is 23.1 Å². The van der Waals surface area contributed by atoms with Gasteiger partial charge < -0.3 is 9.47 Å². The minimum Gasteiger partial charge on any atom is -0.337 e. The predicted octanol–water partition coefficient (Wildman–Crippen LogP) is 4.74. The van der Waals surface area contributed by atoms with Crippen LogP contribution in [0.25, 0.3) is 11.4 Å². The van der Waals surface area contributed by atoms with Crippen molar-refractivity contribution >= 4 is 29.3 Å². The third-order valence-electron chi connectivity index (χ3n) is 4.11. The van der Waals surface area contributed by atoms with Crippen molar-refractivity contribution in [2.75, 3.05) is 0 Å². The maximum absolute atomic E-state index is 12.9. The van der Waals surface area contributed by atoms with Gasteiger partial charge in [-0.3, -0.25) is 4.79 Å². The van der Waals surface area contributed by atoms with E-state index in [9.17, 15) is 4.79 Å². The van der Waals surface area contributed by atoms with Crippen molar-refractivity contribution in [2.24, 2.45) is 0 Å². The standard InChI is InChI=1S/C19H27ClN4OS/c1-7-23-17(15-9-8-10-16(20)11-15)21-22-19(23)26-14(6)18(25)24(12(2)3)13(4)5/h8-14H,7H2,1-6H3. The summed E-state index contributed by atoms with van der Waals surface area (Å²) < 4.78 is 2.02. The molecule has 142 valence electrons. The first-order valence-electron chi connectivity index (χ1n) is 8.94. The van der Waals surface area contributed by atoms with Crippen LogP contribution in [0.15, 0.2) is 29.4 Å². The number of benzene rings is 1. The molecule has 26 heavy (non-hydrogen) atoms. The molecule has 0 saturated carbocycles. The molecule has 0 radical (unpaired) electrons. The van der Waals surface area contributed by atoms with Crippen molar-refractivity contribution in [3.63, 3.8) is 0 Å². The molecule has 1 aromatic heterocycles. The van der Waals surface area contributed by atoms with Crippen LogP contribution in [0.2, 0.25) is 5.02 Å². The van der Waals surface area contributed by atoms with Crippen LogP contribution in [-0.4, -0.2) is 42.9 Å². The summed E-state index contributed by atoms with van der Waals surface area (Å²) in [6, 6.07) is 7.90. The molecular formula is C19H27ClN4OS. The Morgan fingerprint density at radius 1 is 1.19 bits per heavy atom. The van der Waals surface area contributed by atoms with E-state index in [0.29, 0.717) is 5.02 Å². The van der Waals surface area contributed by atoms with Crippen molar-refractivity contribution in [3.05, 3.63) is 29.3 Å². The number of thioether (sulfide) groups is 1. The molecule has 7 heteroatoms. The van der Waals surface area contributed by atoms with Crippen LogP contribution in [-0.2, 0) is 11.3 Å². The number of nitrogens with zero attached hydrogens (tertiary/aromatic N) is 4. The van der Waals surface area contributed by atoms with Crippen molar-refractivity contribution in [3.8, 4) is 11.4 Å². The summed E-state index contributed by atoms with van der Waals surface area (Å²) in [4.78, 5) is 14.8. The van der Waals surface area contributed by atoms with E-state index >= 15 is 0 Å². The molecule has 2 rings (SSSR count). The maximum atomic E-state index is 12.9. The van der Waals surface area contributed by atoms with Gasteiger partial charge in [-0.15, -0.1) is 10.2 Å². The van der Waals surface area contributed by atoms with E-state index in [-0.39, 0.29) is 23.2 Å². The number of carbonyl (C=O) groups is 1. The second kappa shape index (κ2) is 8.91. The fourth-order valence-electron chi connectivity index (χ4n) is 3.03. The van der Waals surface area contributed by atoms with Crippen LogP contribution in [0.5, 0.6) is 0 Å². The molecule has 0 bridgehead atoms. The average Bonchev–Trinajstić information content (AvgIpc) is 2.96. The zero-order valence-corrected chi connectivity index (χ0v) is 17.8. The molecular weight excluding hydrogens is 368 g/mol. The molecule has 0 saturated heterocycles. The maximum Gasteiger partial charge on any atom is 0.236 e. The molecule has 2 aromatic rings. The number of amides is 1. The molecule has 0 aliphatic carbocycles. The highest BCUT2D eigenvalue weighted by Gasteiger charge is 2.27. The van der Waals surface area contributed by atoms with Crippen LogP contribution >= 0.6 is 23.4 Å². The number of hydrogen-bond donors (Lipinski definition) is 0. The lowest BCUT2D eigenvalue weighted by molar-refractivity contribution is -0.133. The smallest absolute Gasteiger partial charge is 0.236 e. The van der Waals surface area contributed by atoms with Crippen LogP contribution < -0.4 is 0 Å². The summed E-state index contributed by atoms with van der Waals surface area (Å²) in [5, 5.41) is 9.83. The fourth-order valence-corrected chi connectivity index (χ4v) is 4.19. The van der Waals surface area contributed by atoms with Gasteiger partial charge in [0.25, 0.3) is 0 Å². The Morgan fingerprint density at radius 3 is 2.38 bits per heavy atom. The van der Waals surface area contributed by atoms with Gasteiger partial charge >= 0.3 is 0 Å². The van der Waals surface area contributed by atoms with Gasteiger partial charge in [-0.1, -0.05) is 35.5 Å². The van der Waals surface area contributed by atoms with Crippen molar-refractivity contribution in [2.45, 2.75) is 70.6 Å². The molecule has 1 aromatic carbocycles. The zero-order valence-electron chi connectivity index (χ0n) is 16.2. The number of halogens is 1. The number of aromatic nitrogens is 3. The Kier molecular flexibility index (Phi) is 7.12. The molecule has 1 unspecified atom stereocenters. The number of rotatable bonds is 7. The first kappa shape index (κ1) is 20.8. The SMILES string of the molecule is CCn1c(SC(C)C(=O)N(C(C)C)C(C)C)nnc1-c1cccc(Cl)c1. The van der Waals surface area contributed by atoms with Gasteiger partial charge in [-0.2, -0.15) is 0 Å². The molecule has 1 heterocycles. The lowest BCUT2D eigenvalue weighted by atomic mass is 10.2. The van der Waals surface area contributed by atoms with Gasteiger partial charge in [-0.25, -0.2) is 0 Å². The topological polar surface area (TPSA) is 51.0 Å². The summed E-state index contributed by atoms with van der Waals surface area (Å²) in [6.45, 7) is 12.9. The molecule has 0 fully saturated rings. The Bertz CT molecular complexity index is 752. The van der Waals surface area contributed by atoms with Gasteiger partial charge in [0.05, 0.1) is 5.25 Å². The molecule has 1 atom stereocenters. The van der Waals surface area contributed by atoms with Crippen LogP contribution in [0.4, 0.5) is 0 Å². The summed E-state index contributed by atoms with van der Waals surface area (Å²) in [5.41, 5.74) is 0.920. The van der Waals surface area contributed by atoms with E-state index in [2.05, 4.69) is 10.2 Å². The summed E-state index contributed by atoms with van der Waals surface area (Å²) >= 11 is 7.56. The highest BCUT2D eigenvalue weighted by molar-refractivity contribution is 8.00. The molecule has 1 amide bonds. The quantitative estimate of drug-likeness (QED) is 0.636. The lowest BCUT2D eigenvalue weighted by Crippen LogP contribution is -2.45. The zero-order chi connectivity index (χ0) is 19.4. The van der Waals surface area contributed by atoms with Crippen molar-refractivity contribution in [1.82, 2.24) is 19.7 Å². The van der Waals surface area contributed by atoms with Crippen LogP contribution in [0.3, 0.4) is 0 Å². The Morgan fingerprint density at radius 2 is 1.85 bits per heavy atom. The first-order valence-corrected chi connectivity index (χ1v) is 10.2. The number of carbonyl (C=O) groups excluding carboxylic acids is 1. The molecule has 0 N–H and O–H groups in total. The third kappa shape index (κ3) is 4.60. The Balaban J connectivity index is 2.26. The highest BCUT2D eigenvalue weighted by atomic mass is 35.5. The largest absolute Gasteiger partial charge is 0.337 e. The minimum atomic E-state index is -0.235.